The molecule has 0 aromatic heterocycles. The molecule has 9 nitrogen and oxygen atoms in total. The normalized spacial score (nSPS) is 14.4. The fraction of sp³-hybridized carbons (Fsp3) is 0.686. The number of phosphoric ester groups is 1. The second kappa shape index (κ2) is 58.6. The van der Waals surface area contributed by atoms with Crippen LogP contribution in [0.1, 0.15) is 258 Å². The summed E-state index contributed by atoms with van der Waals surface area (Å²) < 4.78 is 30.7. The minimum Gasteiger partial charge on any atom is -0.456 e. The van der Waals surface area contributed by atoms with Crippen molar-refractivity contribution in [3.63, 3.8) is 0 Å². The molecule has 1 amide bonds. The van der Waals surface area contributed by atoms with Crippen LogP contribution in [0, 0.1) is 0 Å². The maximum atomic E-state index is 13.6. The number of quaternary nitrogens is 1. The molecule has 0 saturated carbocycles. The zero-order chi connectivity index (χ0) is 58.6. The molecule has 0 saturated heterocycles. The van der Waals surface area contributed by atoms with Crippen molar-refractivity contribution < 1.29 is 37.3 Å². The van der Waals surface area contributed by atoms with Gasteiger partial charge in [-0.25, -0.2) is 4.57 Å². The molecule has 2 N–H and O–H groups in total. The first-order valence-electron chi connectivity index (χ1n) is 32.4. The van der Waals surface area contributed by atoms with Crippen LogP contribution < -0.4 is 5.32 Å². The fourth-order valence-corrected chi connectivity index (χ4v) is 9.39. The van der Waals surface area contributed by atoms with E-state index in [1.165, 1.54) is 77.0 Å². The third-order valence-corrected chi connectivity index (χ3v) is 14.6. The Hall–Kier alpha value is -3.59. The van der Waals surface area contributed by atoms with E-state index in [-0.39, 0.29) is 31.5 Å². The van der Waals surface area contributed by atoms with Gasteiger partial charge in [0, 0.05) is 12.8 Å². The number of ether oxygens (including phenoxy) is 1. The third kappa shape index (κ3) is 59.0. The van der Waals surface area contributed by atoms with Crippen LogP contribution in [0.25, 0.3) is 0 Å². The highest BCUT2D eigenvalue weighted by atomic mass is 31.2. The molecule has 0 aromatic carbocycles. The summed E-state index contributed by atoms with van der Waals surface area (Å²) in [6.45, 7) is 6.83. The van der Waals surface area contributed by atoms with E-state index >= 15 is 0 Å². The van der Waals surface area contributed by atoms with E-state index in [1.54, 1.807) is 0 Å². The van der Waals surface area contributed by atoms with Gasteiger partial charge in [-0.1, -0.05) is 245 Å². The summed E-state index contributed by atoms with van der Waals surface area (Å²) in [5, 5.41) is 3.04. The Morgan fingerprint density at radius 1 is 0.450 bits per heavy atom. The van der Waals surface area contributed by atoms with E-state index in [4.69, 9.17) is 13.8 Å². The number of nitrogens with one attached hydrogen (secondary N) is 1. The monoisotopic (exact) mass is 1130 g/mol. The number of unbranched alkanes of at least 4 members (excludes halogenated alkanes) is 23. The first-order chi connectivity index (χ1) is 38.9. The SMILES string of the molecule is CC/C=C\C/C=C\C/C=C\C/C=C\C/C=C\C/C=C\CCCCCCCCC(=O)NC(COP(=O)(O)OCC[N+](C)(C)C)C(/C=C\CCCCCCCCCCCC)OC(=O)CCCCCC/C=C\C/C=C\C/C=C\CCCCC. The average Bonchev–Trinajstić information content (AvgIpc) is 3.42. The number of phosphoric acid groups is 1. The van der Waals surface area contributed by atoms with Crippen molar-refractivity contribution in [1.82, 2.24) is 5.32 Å². The van der Waals surface area contributed by atoms with Crippen LogP contribution in [0.4, 0.5) is 0 Å². The molecule has 0 rings (SSSR count). The molecular formula is C70H122N2O7P+. The lowest BCUT2D eigenvalue weighted by atomic mass is 10.0. The van der Waals surface area contributed by atoms with E-state index in [9.17, 15) is 19.0 Å². The lowest BCUT2D eigenvalue weighted by Gasteiger charge is -2.27. The van der Waals surface area contributed by atoms with Gasteiger partial charge < -0.3 is 19.4 Å². The molecule has 0 aliphatic rings. The highest BCUT2D eigenvalue weighted by Gasteiger charge is 2.30. The van der Waals surface area contributed by atoms with E-state index in [0.29, 0.717) is 23.9 Å². The van der Waals surface area contributed by atoms with Crippen LogP contribution in [-0.4, -0.2) is 74.3 Å². The largest absolute Gasteiger partial charge is 0.472 e. The minimum absolute atomic E-state index is 0.0268. The van der Waals surface area contributed by atoms with E-state index in [0.717, 1.165) is 141 Å². The smallest absolute Gasteiger partial charge is 0.456 e. The Morgan fingerprint density at radius 3 is 1.23 bits per heavy atom. The molecule has 458 valence electrons. The van der Waals surface area contributed by atoms with Gasteiger partial charge in [-0.2, -0.15) is 0 Å². The maximum absolute atomic E-state index is 13.6. The molecule has 0 bridgehead atoms. The van der Waals surface area contributed by atoms with Gasteiger partial charge in [-0.3, -0.25) is 18.6 Å². The minimum atomic E-state index is -4.47. The second-order valence-corrected chi connectivity index (χ2v) is 24.0. The highest BCUT2D eigenvalue weighted by molar-refractivity contribution is 7.47. The molecule has 0 aliphatic heterocycles. The number of likely N-dealkylation sites (N-methyl/N-ethyl adjacent to an activating group) is 1. The number of amides is 1. The number of hydrogen-bond acceptors (Lipinski definition) is 6. The lowest BCUT2D eigenvalue weighted by Crippen LogP contribution is -2.47. The third-order valence-electron chi connectivity index (χ3n) is 13.6. The van der Waals surface area contributed by atoms with Gasteiger partial charge in [0.1, 0.15) is 19.3 Å². The van der Waals surface area contributed by atoms with Crippen LogP contribution in [-0.2, 0) is 27.9 Å². The predicted molar refractivity (Wildman–Crippen MR) is 346 cm³/mol. The molecule has 0 spiro atoms. The predicted octanol–water partition coefficient (Wildman–Crippen LogP) is 20.3. The zero-order valence-corrected chi connectivity index (χ0v) is 53.2. The Morgan fingerprint density at radius 2 is 0.800 bits per heavy atom. The van der Waals surface area contributed by atoms with Crippen LogP contribution >= 0.6 is 7.82 Å². The van der Waals surface area contributed by atoms with Crippen molar-refractivity contribution in [3.05, 3.63) is 122 Å². The number of nitrogens with zero attached hydrogens (tertiary/aromatic N) is 1. The Balaban J connectivity index is 5.26. The number of allylic oxidation sites excluding steroid dienone is 19. The number of hydrogen-bond donors (Lipinski definition) is 2. The summed E-state index contributed by atoms with van der Waals surface area (Å²) in [5.74, 6) is -0.554. The van der Waals surface area contributed by atoms with Gasteiger partial charge in [-0.05, 0) is 122 Å². The first-order valence-corrected chi connectivity index (χ1v) is 33.9. The first kappa shape index (κ1) is 76.4. The number of carbonyl (C=O) groups excluding carboxylic acids is 2. The fourth-order valence-electron chi connectivity index (χ4n) is 8.66. The summed E-state index contributed by atoms with van der Waals surface area (Å²) in [6, 6.07) is -0.874. The zero-order valence-electron chi connectivity index (χ0n) is 52.3. The van der Waals surface area contributed by atoms with Crippen LogP contribution in [0.15, 0.2) is 122 Å². The van der Waals surface area contributed by atoms with Gasteiger partial charge >= 0.3 is 13.8 Å². The Kier molecular flexibility index (Phi) is 56.0. The summed E-state index contributed by atoms with van der Waals surface area (Å²) in [6.07, 6.45) is 81.9. The van der Waals surface area contributed by atoms with Crippen molar-refractivity contribution in [2.45, 2.75) is 270 Å². The topological polar surface area (TPSA) is 111 Å². The average molecular weight is 1130 g/mol. The number of rotatable bonds is 57. The Labute approximate surface area is 493 Å². The second-order valence-electron chi connectivity index (χ2n) is 22.5. The van der Waals surface area contributed by atoms with E-state index < -0.39 is 20.0 Å². The summed E-state index contributed by atoms with van der Waals surface area (Å²) in [4.78, 5) is 37.8. The molecule has 3 unspecified atom stereocenters. The van der Waals surface area contributed by atoms with Gasteiger partial charge in [0.25, 0.3) is 0 Å². The van der Waals surface area contributed by atoms with Crippen LogP contribution in [0.3, 0.4) is 0 Å². The molecular weight excluding hydrogens is 1010 g/mol. The Bertz CT molecular complexity index is 1780. The van der Waals surface area contributed by atoms with E-state index in [1.807, 2.05) is 33.3 Å². The maximum Gasteiger partial charge on any atom is 0.472 e. The molecule has 10 heteroatoms. The lowest BCUT2D eigenvalue weighted by molar-refractivity contribution is -0.870. The van der Waals surface area contributed by atoms with Gasteiger partial charge in [0.2, 0.25) is 5.91 Å². The molecule has 0 heterocycles. The number of carbonyl (C=O) groups is 2. The van der Waals surface area contributed by atoms with Crippen molar-refractivity contribution in [2.75, 3.05) is 40.9 Å². The quantitative estimate of drug-likeness (QED) is 0.0205. The highest BCUT2D eigenvalue weighted by Crippen LogP contribution is 2.43. The molecule has 0 radical (unpaired) electrons. The number of esters is 1. The van der Waals surface area contributed by atoms with Gasteiger partial charge in [-0.15, -0.1) is 0 Å². The standard InChI is InChI=1S/C70H121N2O7P/c1-7-10-13-16-19-22-25-28-30-32-33-34-35-36-37-38-39-41-42-44-47-50-53-56-59-62-69(73)71-67(66-78-80(75,76)77-65-64-72(4,5)6)68(61-58-55-52-49-46-27-24-21-18-15-12-9-3)79-70(74)63-60-57-54-51-48-45-43-40-31-29-26-23-20-17-14-11-8-2/h10,13,19-20,22-23,28-31,33-34,36-37,39,41,43,45,58,61,67-68H,7-9,11-12,14-18,21,24-27,32,35,38,40,42,44,46-57,59-60,62-66H2,1-6H3,(H-,71,73,75,76)/p+1/b13-10-,22-19-,23-20-,30-28-,31-29-,34-33-,37-36-,41-39-,45-43-,61-58-. The summed E-state index contributed by atoms with van der Waals surface area (Å²) >= 11 is 0. The van der Waals surface area contributed by atoms with Crippen molar-refractivity contribution in [2.24, 2.45) is 0 Å². The van der Waals surface area contributed by atoms with Crippen molar-refractivity contribution >= 4 is 19.7 Å². The van der Waals surface area contributed by atoms with Gasteiger partial charge in [0.15, 0.2) is 0 Å². The van der Waals surface area contributed by atoms with E-state index in [2.05, 4.69) is 135 Å². The van der Waals surface area contributed by atoms with Crippen molar-refractivity contribution in [3.8, 4) is 0 Å². The molecule has 80 heavy (non-hydrogen) atoms. The summed E-state index contributed by atoms with van der Waals surface area (Å²) in [7, 11) is 1.46. The molecule has 0 fully saturated rings. The van der Waals surface area contributed by atoms with Crippen LogP contribution in [0.5, 0.6) is 0 Å². The summed E-state index contributed by atoms with van der Waals surface area (Å²) in [5.41, 5.74) is 0. The molecule has 0 aromatic rings. The van der Waals surface area contributed by atoms with Crippen LogP contribution in [0.2, 0.25) is 0 Å². The van der Waals surface area contributed by atoms with Crippen molar-refractivity contribution in [1.29, 1.82) is 0 Å². The van der Waals surface area contributed by atoms with Gasteiger partial charge in [0.05, 0.1) is 33.8 Å². The molecule has 3 atom stereocenters. The molecule has 0 aliphatic carbocycles.